The lowest BCUT2D eigenvalue weighted by Crippen LogP contribution is -2.29. The largest absolute Gasteiger partial charge is 0.472 e. The molecule has 10 nitrogen and oxygen atoms in total. The van der Waals surface area contributed by atoms with E-state index in [1.165, 1.54) is 141 Å². The van der Waals surface area contributed by atoms with E-state index in [2.05, 4.69) is 26.0 Å². The Labute approximate surface area is 336 Å². The normalized spacial score (nSPS) is 13.9. The first-order valence-electron chi connectivity index (χ1n) is 22.6. The van der Waals surface area contributed by atoms with E-state index in [4.69, 9.17) is 23.6 Å². The van der Waals surface area contributed by atoms with Crippen LogP contribution in [-0.2, 0) is 32.7 Å². The predicted octanol–water partition coefficient (Wildman–Crippen LogP) is 12.0. The molecule has 0 heterocycles. The zero-order valence-electron chi connectivity index (χ0n) is 35.4. The number of allylic oxidation sites excluding steroid dienone is 2. The van der Waals surface area contributed by atoms with Crippen LogP contribution in [0, 0.1) is 0 Å². The average Bonchev–Trinajstić information content (AvgIpc) is 3.17. The maximum absolute atomic E-state index is 12.6. The van der Waals surface area contributed by atoms with Crippen LogP contribution >= 0.6 is 7.82 Å². The number of phosphoric ester groups is 1. The van der Waals surface area contributed by atoms with Crippen molar-refractivity contribution in [2.45, 2.75) is 232 Å². The van der Waals surface area contributed by atoms with Crippen molar-refractivity contribution >= 4 is 19.8 Å². The summed E-state index contributed by atoms with van der Waals surface area (Å²) in [5.41, 5.74) is 0. The summed E-state index contributed by atoms with van der Waals surface area (Å²) in [5, 5.41) is 18.3. The summed E-state index contributed by atoms with van der Waals surface area (Å²) in [6.45, 7) is 2.39. The van der Waals surface area contributed by atoms with Crippen molar-refractivity contribution in [2.75, 3.05) is 26.4 Å². The Bertz CT molecular complexity index is 930. The second kappa shape index (κ2) is 40.9. The summed E-state index contributed by atoms with van der Waals surface area (Å²) in [6.07, 6.45) is 38.9. The van der Waals surface area contributed by atoms with Gasteiger partial charge in [0.15, 0.2) is 6.10 Å². The molecular formula is C44H85O10P. The number of phosphoric acid groups is 1. The van der Waals surface area contributed by atoms with Crippen molar-refractivity contribution in [1.29, 1.82) is 0 Å². The summed E-state index contributed by atoms with van der Waals surface area (Å²) >= 11 is 0. The maximum atomic E-state index is 12.6. The zero-order valence-corrected chi connectivity index (χ0v) is 36.3. The Morgan fingerprint density at radius 2 is 0.891 bits per heavy atom. The fourth-order valence-corrected chi connectivity index (χ4v) is 7.19. The van der Waals surface area contributed by atoms with Gasteiger partial charge in [-0.1, -0.05) is 180 Å². The fraction of sp³-hybridized carbons (Fsp3) is 0.909. The molecule has 3 atom stereocenters. The van der Waals surface area contributed by atoms with Crippen molar-refractivity contribution in [3.63, 3.8) is 0 Å². The number of esters is 2. The Kier molecular flexibility index (Phi) is 39.9. The minimum absolute atomic E-state index is 0.159. The molecule has 0 bridgehead atoms. The van der Waals surface area contributed by atoms with Gasteiger partial charge >= 0.3 is 19.8 Å². The molecule has 326 valence electrons. The highest BCUT2D eigenvalue weighted by Crippen LogP contribution is 2.43. The van der Waals surface area contributed by atoms with Crippen LogP contribution in [0.4, 0.5) is 0 Å². The summed E-state index contributed by atoms with van der Waals surface area (Å²) in [7, 11) is -4.62. The lowest BCUT2D eigenvalue weighted by molar-refractivity contribution is -0.161. The van der Waals surface area contributed by atoms with Gasteiger partial charge in [-0.15, -0.1) is 0 Å². The maximum Gasteiger partial charge on any atom is 0.472 e. The first-order valence-corrected chi connectivity index (χ1v) is 24.1. The zero-order chi connectivity index (χ0) is 40.5. The highest BCUT2D eigenvalue weighted by atomic mass is 31.2. The molecule has 0 aromatic heterocycles. The lowest BCUT2D eigenvalue weighted by Gasteiger charge is -2.20. The summed E-state index contributed by atoms with van der Waals surface area (Å²) in [4.78, 5) is 35.0. The van der Waals surface area contributed by atoms with Crippen LogP contribution in [0.25, 0.3) is 0 Å². The van der Waals surface area contributed by atoms with E-state index in [-0.39, 0.29) is 19.4 Å². The standard InChI is InChI=1S/C44H85O10P/c1-3-5-7-9-11-13-15-17-19-20-22-23-25-27-29-31-33-35-43(47)51-39-42(40-53-55(49,50)52-38-41(46)37-45)54-44(48)36-34-32-30-28-26-24-21-18-16-14-12-10-8-6-4-2/h26,28,41-42,45-46H,3-25,27,29-40H2,1-2H3,(H,49,50)/b28-26+/t41-,42+/m0/s1. The number of aliphatic hydroxyl groups is 2. The van der Waals surface area contributed by atoms with Gasteiger partial charge in [0.1, 0.15) is 12.7 Å². The Morgan fingerprint density at radius 1 is 0.527 bits per heavy atom. The van der Waals surface area contributed by atoms with Gasteiger partial charge in [-0.2, -0.15) is 0 Å². The molecule has 0 aliphatic carbocycles. The van der Waals surface area contributed by atoms with Gasteiger partial charge in [0.25, 0.3) is 0 Å². The SMILES string of the molecule is CCCCCCCCCCC/C=C/CCCCC(=O)O[C@H](COC(=O)CCCCCCCCCCCCCCCCCCC)COP(=O)(O)OC[C@@H](O)CO. The molecule has 0 spiro atoms. The molecule has 0 fully saturated rings. The highest BCUT2D eigenvalue weighted by molar-refractivity contribution is 7.47. The van der Waals surface area contributed by atoms with Crippen molar-refractivity contribution in [3.05, 3.63) is 12.2 Å². The van der Waals surface area contributed by atoms with Crippen LogP contribution in [-0.4, -0.2) is 65.7 Å². The van der Waals surface area contributed by atoms with Gasteiger partial charge in [-0.3, -0.25) is 18.6 Å². The van der Waals surface area contributed by atoms with E-state index in [0.29, 0.717) is 12.8 Å². The van der Waals surface area contributed by atoms with E-state index in [9.17, 15) is 24.2 Å². The third-order valence-corrected chi connectivity index (χ3v) is 10.9. The number of unbranched alkanes of at least 4 members (excludes halogenated alkanes) is 27. The van der Waals surface area contributed by atoms with Gasteiger partial charge in [0, 0.05) is 12.8 Å². The molecule has 0 radical (unpaired) electrons. The molecule has 11 heteroatoms. The van der Waals surface area contributed by atoms with E-state index in [1.807, 2.05) is 0 Å². The van der Waals surface area contributed by atoms with Gasteiger partial charge in [0.2, 0.25) is 0 Å². The molecule has 3 N–H and O–H groups in total. The summed E-state index contributed by atoms with van der Waals surface area (Å²) in [5.74, 6) is -0.938. The second-order valence-electron chi connectivity index (χ2n) is 15.4. The first-order chi connectivity index (χ1) is 26.7. The van der Waals surface area contributed by atoms with Crippen LogP contribution in [0.15, 0.2) is 12.2 Å². The topological polar surface area (TPSA) is 149 Å². The van der Waals surface area contributed by atoms with Crippen LogP contribution in [0.5, 0.6) is 0 Å². The Hall–Kier alpha value is -1.29. The first kappa shape index (κ1) is 53.7. The third-order valence-electron chi connectivity index (χ3n) is 9.92. The molecule has 1 unspecified atom stereocenters. The lowest BCUT2D eigenvalue weighted by atomic mass is 10.0. The smallest absolute Gasteiger partial charge is 0.462 e. The molecule has 0 saturated carbocycles. The highest BCUT2D eigenvalue weighted by Gasteiger charge is 2.27. The molecule has 0 rings (SSSR count). The van der Waals surface area contributed by atoms with Crippen molar-refractivity contribution in [2.24, 2.45) is 0 Å². The third kappa shape index (κ3) is 40.7. The minimum Gasteiger partial charge on any atom is -0.462 e. The van der Waals surface area contributed by atoms with Crippen molar-refractivity contribution < 1.29 is 47.8 Å². The quantitative estimate of drug-likeness (QED) is 0.0235. The van der Waals surface area contributed by atoms with E-state index in [0.717, 1.165) is 38.5 Å². The summed E-state index contributed by atoms with van der Waals surface area (Å²) < 4.78 is 32.7. The van der Waals surface area contributed by atoms with Crippen LogP contribution in [0.2, 0.25) is 0 Å². The molecule has 0 aromatic rings. The van der Waals surface area contributed by atoms with Gasteiger partial charge in [-0.05, 0) is 38.5 Å². The monoisotopic (exact) mass is 805 g/mol. The molecule has 0 aliphatic rings. The molecule has 0 saturated heterocycles. The number of ether oxygens (including phenoxy) is 2. The number of hydrogen-bond acceptors (Lipinski definition) is 9. The van der Waals surface area contributed by atoms with Crippen LogP contribution in [0.1, 0.15) is 219 Å². The molecule has 55 heavy (non-hydrogen) atoms. The Morgan fingerprint density at radius 3 is 1.35 bits per heavy atom. The van der Waals surface area contributed by atoms with Crippen LogP contribution in [0.3, 0.4) is 0 Å². The predicted molar refractivity (Wildman–Crippen MR) is 224 cm³/mol. The van der Waals surface area contributed by atoms with E-state index >= 15 is 0 Å². The number of aliphatic hydroxyl groups excluding tert-OH is 2. The molecular weight excluding hydrogens is 719 g/mol. The minimum atomic E-state index is -4.62. The number of carbonyl (C=O) groups is 2. The average molecular weight is 805 g/mol. The van der Waals surface area contributed by atoms with Gasteiger partial charge in [0.05, 0.1) is 19.8 Å². The van der Waals surface area contributed by atoms with Gasteiger partial charge < -0.3 is 24.6 Å². The van der Waals surface area contributed by atoms with Crippen LogP contribution < -0.4 is 0 Å². The summed E-state index contributed by atoms with van der Waals surface area (Å²) in [6, 6.07) is 0. The van der Waals surface area contributed by atoms with E-state index < -0.39 is 51.8 Å². The van der Waals surface area contributed by atoms with Gasteiger partial charge in [-0.25, -0.2) is 4.57 Å². The fourth-order valence-electron chi connectivity index (χ4n) is 6.40. The number of hydrogen-bond donors (Lipinski definition) is 3. The Balaban J connectivity index is 4.25. The molecule has 0 aromatic carbocycles. The number of rotatable bonds is 43. The van der Waals surface area contributed by atoms with E-state index in [1.54, 1.807) is 0 Å². The molecule has 0 amide bonds. The number of carbonyl (C=O) groups excluding carboxylic acids is 2. The molecule has 0 aliphatic heterocycles. The van der Waals surface area contributed by atoms with Crippen molar-refractivity contribution in [3.8, 4) is 0 Å². The van der Waals surface area contributed by atoms with Crippen molar-refractivity contribution in [1.82, 2.24) is 0 Å². The second-order valence-corrected chi connectivity index (χ2v) is 16.9.